The Morgan fingerprint density at radius 3 is 2.72 bits per heavy atom. The summed E-state index contributed by atoms with van der Waals surface area (Å²) in [7, 11) is 0. The predicted molar refractivity (Wildman–Crippen MR) is 99.1 cm³/mol. The van der Waals surface area contributed by atoms with Crippen molar-refractivity contribution in [3.8, 4) is 5.75 Å². The van der Waals surface area contributed by atoms with Crippen molar-refractivity contribution >= 4 is 17.3 Å². The Morgan fingerprint density at radius 1 is 1.20 bits per heavy atom. The molecule has 0 atom stereocenters. The number of aliphatic hydroxyl groups is 1. The maximum absolute atomic E-state index is 12.1. The summed E-state index contributed by atoms with van der Waals surface area (Å²) in [5, 5.41) is 12.0. The minimum atomic E-state index is -0.202. The molecule has 1 fully saturated rings. The van der Waals surface area contributed by atoms with Crippen LogP contribution in [-0.2, 0) is 11.4 Å². The van der Waals surface area contributed by atoms with E-state index in [-0.39, 0.29) is 19.1 Å². The van der Waals surface area contributed by atoms with Gasteiger partial charge in [0.15, 0.2) is 6.61 Å². The van der Waals surface area contributed by atoms with Crippen molar-refractivity contribution in [1.82, 2.24) is 0 Å². The molecule has 2 aromatic rings. The number of hydrogen-bond donors (Lipinski definition) is 2. The standard InChI is InChI=1S/C20H24N2O3/c1-15-11-17(22-9-2-3-10-22)7-8-19(15)21-20(24)14-25-18-6-4-5-16(12-18)13-23/h4-8,11-12,23H,2-3,9-10,13-14H2,1H3,(H,21,24). The topological polar surface area (TPSA) is 61.8 Å². The largest absolute Gasteiger partial charge is 0.484 e. The van der Waals surface area contributed by atoms with E-state index in [1.54, 1.807) is 24.3 Å². The smallest absolute Gasteiger partial charge is 0.262 e. The fraction of sp³-hybridized carbons (Fsp3) is 0.350. The van der Waals surface area contributed by atoms with Crippen molar-refractivity contribution in [1.29, 1.82) is 0 Å². The van der Waals surface area contributed by atoms with Gasteiger partial charge in [-0.05, 0) is 61.2 Å². The molecule has 2 aromatic carbocycles. The van der Waals surface area contributed by atoms with Crippen molar-refractivity contribution in [2.75, 3.05) is 29.9 Å². The molecule has 2 N–H and O–H groups in total. The van der Waals surface area contributed by atoms with Crippen LogP contribution in [-0.4, -0.2) is 30.7 Å². The molecule has 1 heterocycles. The summed E-state index contributed by atoms with van der Waals surface area (Å²) in [4.78, 5) is 14.5. The number of carbonyl (C=O) groups excluding carboxylic acids is 1. The molecule has 5 nitrogen and oxygen atoms in total. The molecule has 0 saturated carbocycles. The van der Waals surface area contributed by atoms with E-state index in [1.165, 1.54) is 18.5 Å². The highest BCUT2D eigenvalue weighted by Gasteiger charge is 2.13. The number of nitrogens with one attached hydrogen (secondary N) is 1. The van der Waals surface area contributed by atoms with Crippen molar-refractivity contribution in [3.05, 3.63) is 53.6 Å². The Morgan fingerprint density at radius 2 is 2.00 bits per heavy atom. The molecule has 1 saturated heterocycles. The predicted octanol–water partition coefficient (Wildman–Crippen LogP) is 3.11. The molecule has 0 bridgehead atoms. The molecule has 1 aliphatic rings. The van der Waals surface area contributed by atoms with Crippen molar-refractivity contribution in [3.63, 3.8) is 0 Å². The van der Waals surface area contributed by atoms with E-state index in [0.29, 0.717) is 5.75 Å². The number of hydrogen-bond acceptors (Lipinski definition) is 4. The highest BCUT2D eigenvalue weighted by atomic mass is 16.5. The average Bonchev–Trinajstić information content (AvgIpc) is 3.16. The van der Waals surface area contributed by atoms with Gasteiger partial charge in [0, 0.05) is 24.5 Å². The Balaban J connectivity index is 1.57. The SMILES string of the molecule is Cc1cc(N2CCCC2)ccc1NC(=O)COc1cccc(CO)c1. The van der Waals surface area contributed by atoms with E-state index in [9.17, 15) is 4.79 Å². The van der Waals surface area contributed by atoms with Gasteiger partial charge in [-0.15, -0.1) is 0 Å². The van der Waals surface area contributed by atoms with Crippen molar-refractivity contribution in [2.24, 2.45) is 0 Å². The summed E-state index contributed by atoms with van der Waals surface area (Å²) in [6, 6.07) is 13.2. The second-order valence-corrected chi connectivity index (χ2v) is 6.34. The zero-order valence-electron chi connectivity index (χ0n) is 14.5. The first-order valence-electron chi connectivity index (χ1n) is 8.64. The van der Waals surface area contributed by atoms with Gasteiger partial charge in [0.1, 0.15) is 5.75 Å². The van der Waals surface area contributed by atoms with Crippen LogP contribution in [0, 0.1) is 6.92 Å². The molecule has 1 aliphatic heterocycles. The van der Waals surface area contributed by atoms with Gasteiger partial charge in [-0.2, -0.15) is 0 Å². The van der Waals surface area contributed by atoms with Crippen molar-refractivity contribution in [2.45, 2.75) is 26.4 Å². The fourth-order valence-electron chi connectivity index (χ4n) is 3.03. The molecule has 25 heavy (non-hydrogen) atoms. The van der Waals surface area contributed by atoms with E-state index in [0.717, 1.165) is 29.9 Å². The Kier molecular flexibility index (Phi) is 5.56. The van der Waals surface area contributed by atoms with Crippen LogP contribution < -0.4 is 15.0 Å². The third-order valence-electron chi connectivity index (χ3n) is 4.41. The molecule has 0 unspecified atom stereocenters. The van der Waals surface area contributed by atoms with E-state index in [1.807, 2.05) is 13.0 Å². The molecule has 132 valence electrons. The van der Waals surface area contributed by atoms with Gasteiger partial charge in [0.05, 0.1) is 6.61 Å². The summed E-state index contributed by atoms with van der Waals surface area (Å²) in [5.74, 6) is 0.370. The fourth-order valence-corrected chi connectivity index (χ4v) is 3.03. The Bertz CT molecular complexity index is 739. The van der Waals surface area contributed by atoms with Gasteiger partial charge >= 0.3 is 0 Å². The molecule has 0 radical (unpaired) electrons. The zero-order valence-corrected chi connectivity index (χ0v) is 14.5. The summed E-state index contributed by atoms with van der Waals surface area (Å²) < 4.78 is 5.50. The Labute approximate surface area is 148 Å². The number of aryl methyl sites for hydroxylation is 1. The first kappa shape index (κ1) is 17.3. The maximum atomic E-state index is 12.1. The first-order valence-corrected chi connectivity index (χ1v) is 8.64. The third kappa shape index (κ3) is 4.51. The molecule has 0 spiro atoms. The zero-order chi connectivity index (χ0) is 17.6. The van der Waals surface area contributed by atoms with Crippen LogP contribution in [0.3, 0.4) is 0 Å². The van der Waals surface area contributed by atoms with Crippen LogP contribution in [0.2, 0.25) is 0 Å². The number of anilines is 2. The normalized spacial score (nSPS) is 13.8. The molecular weight excluding hydrogens is 316 g/mol. The Hall–Kier alpha value is -2.53. The summed E-state index contributed by atoms with van der Waals surface area (Å²) in [6.45, 7) is 4.09. The molecule has 0 aromatic heterocycles. The van der Waals surface area contributed by atoms with Crippen molar-refractivity contribution < 1.29 is 14.6 Å². The number of rotatable bonds is 6. The summed E-state index contributed by atoms with van der Waals surface area (Å²) in [6.07, 6.45) is 2.48. The van der Waals surface area contributed by atoms with Gasteiger partial charge in [0.25, 0.3) is 5.91 Å². The van der Waals surface area contributed by atoms with Crippen LogP contribution in [0.25, 0.3) is 0 Å². The van der Waals surface area contributed by atoms with Crippen LogP contribution in [0.5, 0.6) is 5.75 Å². The van der Waals surface area contributed by atoms with Crippen LogP contribution >= 0.6 is 0 Å². The first-order chi connectivity index (χ1) is 12.2. The van der Waals surface area contributed by atoms with Gasteiger partial charge in [0.2, 0.25) is 0 Å². The van der Waals surface area contributed by atoms with Gasteiger partial charge in [-0.1, -0.05) is 12.1 Å². The molecule has 0 aliphatic carbocycles. The van der Waals surface area contributed by atoms with E-state index in [2.05, 4.69) is 22.3 Å². The highest BCUT2D eigenvalue weighted by molar-refractivity contribution is 5.92. The molecule has 1 amide bonds. The van der Waals surface area contributed by atoms with E-state index < -0.39 is 0 Å². The summed E-state index contributed by atoms with van der Waals surface area (Å²) in [5.41, 5.74) is 3.82. The van der Waals surface area contributed by atoms with Crippen LogP contribution in [0.4, 0.5) is 11.4 Å². The minimum absolute atomic E-state index is 0.0496. The lowest BCUT2D eigenvalue weighted by Crippen LogP contribution is -2.21. The quantitative estimate of drug-likeness (QED) is 0.848. The minimum Gasteiger partial charge on any atom is -0.484 e. The van der Waals surface area contributed by atoms with Crippen LogP contribution in [0.15, 0.2) is 42.5 Å². The molecule has 5 heteroatoms. The van der Waals surface area contributed by atoms with Gasteiger partial charge in [-0.3, -0.25) is 4.79 Å². The highest BCUT2D eigenvalue weighted by Crippen LogP contribution is 2.25. The summed E-state index contributed by atoms with van der Waals surface area (Å²) >= 11 is 0. The van der Waals surface area contributed by atoms with Gasteiger partial charge in [-0.25, -0.2) is 0 Å². The number of ether oxygens (including phenoxy) is 1. The number of aliphatic hydroxyl groups excluding tert-OH is 1. The monoisotopic (exact) mass is 340 g/mol. The van der Waals surface area contributed by atoms with E-state index in [4.69, 9.17) is 9.84 Å². The average molecular weight is 340 g/mol. The molecule has 3 rings (SSSR count). The lowest BCUT2D eigenvalue weighted by Gasteiger charge is -2.19. The van der Waals surface area contributed by atoms with Gasteiger partial charge < -0.3 is 20.1 Å². The lowest BCUT2D eigenvalue weighted by atomic mass is 10.1. The third-order valence-corrected chi connectivity index (χ3v) is 4.41. The number of benzene rings is 2. The number of carbonyl (C=O) groups is 1. The lowest BCUT2D eigenvalue weighted by molar-refractivity contribution is -0.118. The second-order valence-electron chi connectivity index (χ2n) is 6.34. The van der Waals surface area contributed by atoms with Crippen LogP contribution in [0.1, 0.15) is 24.0 Å². The molecular formula is C20H24N2O3. The van der Waals surface area contributed by atoms with E-state index >= 15 is 0 Å². The second kappa shape index (κ2) is 8.03. The number of nitrogens with zero attached hydrogens (tertiary/aromatic N) is 1. The number of amides is 1. The maximum Gasteiger partial charge on any atom is 0.262 e.